The van der Waals surface area contributed by atoms with Gasteiger partial charge in [0.25, 0.3) is 0 Å². The van der Waals surface area contributed by atoms with Crippen LogP contribution in [0.2, 0.25) is 0 Å². The lowest BCUT2D eigenvalue weighted by Gasteiger charge is -1.99. The molecule has 4 nitrogen and oxygen atoms in total. The van der Waals surface area contributed by atoms with Crippen molar-refractivity contribution in [2.24, 2.45) is 4.99 Å². The molecule has 0 amide bonds. The zero-order chi connectivity index (χ0) is 9.56. The Morgan fingerprint density at radius 2 is 2.33 bits per heavy atom. The predicted molar refractivity (Wildman–Crippen MR) is 46.0 cm³/mol. The molecular formula is C8H11NO3. The molecule has 0 saturated carbocycles. The monoisotopic (exact) mass is 169 g/mol. The van der Waals surface area contributed by atoms with E-state index in [2.05, 4.69) is 22.9 Å². The SMILES string of the molecule is C=C/C(=N\C(=C)O)C(=O)OCC. The number of aliphatic hydroxyl groups excluding tert-OH is 1. The Bertz CT molecular complexity index is 230. The van der Waals surface area contributed by atoms with E-state index in [1.165, 1.54) is 6.08 Å². The number of carbonyl (C=O) groups excluding carboxylic acids is 1. The smallest absolute Gasteiger partial charge is 0.357 e. The maximum absolute atomic E-state index is 10.9. The van der Waals surface area contributed by atoms with E-state index in [0.717, 1.165) is 0 Å². The summed E-state index contributed by atoms with van der Waals surface area (Å²) in [6.07, 6.45) is 1.19. The van der Waals surface area contributed by atoms with Crippen LogP contribution in [0.25, 0.3) is 0 Å². The molecule has 0 saturated heterocycles. The summed E-state index contributed by atoms with van der Waals surface area (Å²) in [5.41, 5.74) is -0.0515. The lowest BCUT2D eigenvalue weighted by Crippen LogP contribution is -2.15. The molecule has 0 aromatic heterocycles. The van der Waals surface area contributed by atoms with E-state index >= 15 is 0 Å². The van der Waals surface area contributed by atoms with Crippen LogP contribution in [0.3, 0.4) is 0 Å². The molecule has 0 heterocycles. The van der Waals surface area contributed by atoms with Gasteiger partial charge in [-0.25, -0.2) is 9.79 Å². The van der Waals surface area contributed by atoms with Gasteiger partial charge in [-0.3, -0.25) is 0 Å². The van der Waals surface area contributed by atoms with Crippen LogP contribution in [0, 0.1) is 0 Å². The van der Waals surface area contributed by atoms with Crippen molar-refractivity contribution in [2.45, 2.75) is 6.92 Å². The molecule has 0 atom stereocenters. The van der Waals surface area contributed by atoms with E-state index in [1.54, 1.807) is 6.92 Å². The molecule has 0 aliphatic heterocycles. The number of esters is 1. The highest BCUT2D eigenvalue weighted by molar-refractivity contribution is 6.41. The van der Waals surface area contributed by atoms with Crippen molar-refractivity contribution in [1.29, 1.82) is 0 Å². The Labute approximate surface area is 70.9 Å². The van der Waals surface area contributed by atoms with E-state index in [-0.39, 0.29) is 12.3 Å². The fourth-order valence-corrected chi connectivity index (χ4v) is 0.519. The topological polar surface area (TPSA) is 58.9 Å². The number of aliphatic imine (C=N–C) groups is 1. The summed E-state index contributed by atoms with van der Waals surface area (Å²) in [6, 6.07) is 0. The lowest BCUT2D eigenvalue weighted by molar-refractivity contribution is -0.134. The standard InChI is InChI=1S/C8H11NO3/c1-4-7(9-6(3)10)8(11)12-5-2/h4,10H,1,3,5H2,2H3/b9-7+. The molecule has 0 aromatic rings. The summed E-state index contributed by atoms with van der Waals surface area (Å²) in [6.45, 7) is 8.36. The van der Waals surface area contributed by atoms with Crippen molar-refractivity contribution in [2.75, 3.05) is 6.61 Å². The maximum atomic E-state index is 10.9. The predicted octanol–water partition coefficient (Wildman–Crippen LogP) is 1.21. The Hall–Kier alpha value is -1.58. The third-order valence-electron chi connectivity index (χ3n) is 0.927. The van der Waals surface area contributed by atoms with E-state index in [9.17, 15) is 4.79 Å². The zero-order valence-electron chi connectivity index (χ0n) is 6.91. The Morgan fingerprint density at radius 1 is 1.75 bits per heavy atom. The summed E-state index contributed by atoms with van der Waals surface area (Å²) in [7, 11) is 0. The number of hydrogen-bond acceptors (Lipinski definition) is 4. The van der Waals surface area contributed by atoms with Crippen LogP contribution >= 0.6 is 0 Å². The molecule has 0 aliphatic carbocycles. The second-order valence-electron chi connectivity index (χ2n) is 1.84. The van der Waals surface area contributed by atoms with Crippen molar-refractivity contribution < 1.29 is 14.6 Å². The van der Waals surface area contributed by atoms with Crippen LogP contribution in [-0.4, -0.2) is 23.4 Å². The number of carbonyl (C=O) groups is 1. The van der Waals surface area contributed by atoms with Gasteiger partial charge in [0.1, 0.15) is 0 Å². The molecule has 0 bridgehead atoms. The first kappa shape index (κ1) is 10.4. The molecule has 0 aromatic carbocycles. The lowest BCUT2D eigenvalue weighted by atomic mass is 10.4. The number of hydrogen-bond donors (Lipinski definition) is 1. The second kappa shape index (κ2) is 5.12. The van der Waals surface area contributed by atoms with Gasteiger partial charge in [0.15, 0.2) is 5.71 Å². The molecule has 0 radical (unpaired) electrons. The van der Waals surface area contributed by atoms with E-state index in [4.69, 9.17) is 5.11 Å². The van der Waals surface area contributed by atoms with Gasteiger partial charge < -0.3 is 9.84 Å². The fourth-order valence-electron chi connectivity index (χ4n) is 0.519. The number of aliphatic hydroxyl groups is 1. The normalized spacial score (nSPS) is 10.6. The van der Waals surface area contributed by atoms with Gasteiger partial charge in [0, 0.05) is 0 Å². The van der Waals surface area contributed by atoms with Gasteiger partial charge in [-0.1, -0.05) is 6.58 Å². The van der Waals surface area contributed by atoms with Crippen molar-refractivity contribution in [1.82, 2.24) is 0 Å². The van der Waals surface area contributed by atoms with Crippen LogP contribution in [0.4, 0.5) is 0 Å². The second-order valence-corrected chi connectivity index (χ2v) is 1.84. The fraction of sp³-hybridized carbons (Fsp3) is 0.250. The molecule has 0 unspecified atom stereocenters. The molecule has 66 valence electrons. The third-order valence-corrected chi connectivity index (χ3v) is 0.927. The average Bonchev–Trinajstić information content (AvgIpc) is 2.00. The van der Waals surface area contributed by atoms with Crippen LogP contribution in [0.1, 0.15) is 6.92 Å². The molecule has 0 rings (SSSR count). The highest BCUT2D eigenvalue weighted by Gasteiger charge is 2.07. The first-order chi connectivity index (χ1) is 5.61. The molecule has 0 fully saturated rings. The Balaban J connectivity index is 4.44. The van der Waals surface area contributed by atoms with Crippen LogP contribution in [-0.2, 0) is 9.53 Å². The average molecular weight is 169 g/mol. The van der Waals surface area contributed by atoms with Gasteiger partial charge in [-0.15, -0.1) is 0 Å². The quantitative estimate of drug-likeness (QED) is 0.391. The van der Waals surface area contributed by atoms with Crippen molar-refractivity contribution >= 4 is 11.7 Å². The van der Waals surface area contributed by atoms with Gasteiger partial charge in [-0.2, -0.15) is 0 Å². The van der Waals surface area contributed by atoms with Crippen molar-refractivity contribution in [3.63, 3.8) is 0 Å². The molecule has 0 spiro atoms. The molecule has 12 heavy (non-hydrogen) atoms. The van der Waals surface area contributed by atoms with Crippen LogP contribution in [0.15, 0.2) is 30.1 Å². The summed E-state index contributed by atoms with van der Waals surface area (Å²) in [5, 5.41) is 8.63. The molecule has 4 heteroatoms. The van der Waals surface area contributed by atoms with Crippen molar-refractivity contribution in [3.8, 4) is 0 Å². The zero-order valence-corrected chi connectivity index (χ0v) is 6.91. The highest BCUT2D eigenvalue weighted by Crippen LogP contribution is 1.92. The minimum absolute atomic E-state index is 0.0515. The summed E-state index contributed by atoms with van der Waals surface area (Å²) in [4.78, 5) is 14.3. The highest BCUT2D eigenvalue weighted by atomic mass is 16.5. The largest absolute Gasteiger partial charge is 0.494 e. The minimum Gasteiger partial charge on any atom is -0.494 e. The van der Waals surface area contributed by atoms with Gasteiger partial charge in [-0.05, 0) is 19.6 Å². The van der Waals surface area contributed by atoms with Crippen LogP contribution in [0.5, 0.6) is 0 Å². The number of nitrogens with zero attached hydrogens (tertiary/aromatic N) is 1. The molecule has 0 aliphatic rings. The first-order valence-electron chi connectivity index (χ1n) is 3.38. The van der Waals surface area contributed by atoms with Crippen LogP contribution < -0.4 is 0 Å². The van der Waals surface area contributed by atoms with Gasteiger partial charge in [0.05, 0.1) is 6.61 Å². The number of rotatable bonds is 4. The van der Waals surface area contributed by atoms with E-state index < -0.39 is 11.9 Å². The van der Waals surface area contributed by atoms with Gasteiger partial charge >= 0.3 is 5.97 Å². The Kier molecular flexibility index (Phi) is 4.45. The van der Waals surface area contributed by atoms with Gasteiger partial charge in [0.2, 0.25) is 5.88 Å². The van der Waals surface area contributed by atoms with E-state index in [1.807, 2.05) is 0 Å². The minimum atomic E-state index is -0.622. The summed E-state index contributed by atoms with van der Waals surface area (Å²) < 4.78 is 4.60. The summed E-state index contributed by atoms with van der Waals surface area (Å²) in [5.74, 6) is -1.07. The van der Waals surface area contributed by atoms with Crippen molar-refractivity contribution in [3.05, 3.63) is 25.1 Å². The Morgan fingerprint density at radius 3 is 2.67 bits per heavy atom. The third kappa shape index (κ3) is 3.55. The summed E-state index contributed by atoms with van der Waals surface area (Å²) >= 11 is 0. The number of ether oxygens (including phenoxy) is 1. The van der Waals surface area contributed by atoms with E-state index in [0.29, 0.717) is 0 Å². The maximum Gasteiger partial charge on any atom is 0.357 e. The first-order valence-corrected chi connectivity index (χ1v) is 3.38. The molecule has 1 N–H and O–H groups in total. The molecular weight excluding hydrogens is 158 g/mol.